The number of benzene rings is 2. The molecule has 0 radical (unpaired) electrons. The van der Waals surface area contributed by atoms with Crippen molar-refractivity contribution in [3.8, 4) is 0 Å². The first-order valence-electron chi connectivity index (χ1n) is 7.94. The van der Waals surface area contributed by atoms with Crippen LogP contribution in [0.25, 0.3) is 0 Å². The minimum absolute atomic E-state index is 0.0596. The lowest BCUT2D eigenvalue weighted by atomic mass is 10.1. The second-order valence-corrected chi connectivity index (χ2v) is 8.08. The van der Waals surface area contributed by atoms with Crippen molar-refractivity contribution in [2.75, 3.05) is 0 Å². The molecule has 0 amide bonds. The van der Waals surface area contributed by atoms with Crippen molar-refractivity contribution in [2.45, 2.75) is 19.5 Å². The van der Waals surface area contributed by atoms with E-state index in [9.17, 15) is 9.59 Å². The Labute approximate surface area is 143 Å². The van der Waals surface area contributed by atoms with Crippen LogP contribution in [0.1, 0.15) is 34.6 Å². The highest BCUT2D eigenvalue weighted by Crippen LogP contribution is 2.44. The lowest BCUT2D eigenvalue weighted by Gasteiger charge is -2.26. The molecular weight excluding hydrogens is 315 g/mol. The maximum Gasteiger partial charge on any atom is 0.160 e. The van der Waals surface area contributed by atoms with Crippen molar-refractivity contribution >= 4 is 30.1 Å². The van der Waals surface area contributed by atoms with Gasteiger partial charge >= 0.3 is 0 Å². The normalized spacial score (nSPS) is 13.6. The molecule has 0 aliphatic heterocycles. The summed E-state index contributed by atoms with van der Waals surface area (Å²) in [6.07, 6.45) is 8.37. The Morgan fingerprint density at radius 2 is 1.17 bits per heavy atom. The van der Waals surface area contributed by atoms with Gasteiger partial charge in [0.1, 0.15) is 0 Å². The van der Waals surface area contributed by atoms with Crippen LogP contribution < -0.4 is 10.6 Å². The summed E-state index contributed by atoms with van der Waals surface area (Å²) in [7, 11) is -0.874. The zero-order valence-electron chi connectivity index (χ0n) is 13.8. The monoisotopic (exact) mass is 334 g/mol. The highest BCUT2D eigenvalue weighted by atomic mass is 31.1. The summed E-state index contributed by atoms with van der Waals surface area (Å²) in [6.45, 7) is 3.20. The maximum atomic E-state index is 12.1. The molecule has 3 rings (SSSR count). The number of carbonyl (C=O) groups is 2. The number of rotatable bonds is 5. The minimum Gasteiger partial charge on any atom is -0.294 e. The Bertz CT molecular complexity index is 779. The first-order chi connectivity index (χ1) is 11.6. The molecule has 0 heterocycles. The number of allylic oxidation sites excluding steroid dienone is 4. The molecule has 3 heteroatoms. The van der Waals surface area contributed by atoms with Crippen molar-refractivity contribution in [2.24, 2.45) is 0 Å². The fourth-order valence-corrected chi connectivity index (χ4v) is 5.93. The largest absolute Gasteiger partial charge is 0.294 e. The van der Waals surface area contributed by atoms with Gasteiger partial charge < -0.3 is 0 Å². The topological polar surface area (TPSA) is 34.1 Å². The van der Waals surface area contributed by atoms with Gasteiger partial charge in [-0.1, -0.05) is 72.8 Å². The van der Waals surface area contributed by atoms with E-state index in [-0.39, 0.29) is 17.2 Å². The van der Waals surface area contributed by atoms with Gasteiger partial charge in [-0.05, 0) is 32.4 Å². The van der Waals surface area contributed by atoms with E-state index >= 15 is 0 Å². The van der Waals surface area contributed by atoms with Crippen molar-refractivity contribution in [1.82, 2.24) is 0 Å². The smallest absolute Gasteiger partial charge is 0.160 e. The van der Waals surface area contributed by atoms with Gasteiger partial charge in [-0.2, -0.15) is 0 Å². The van der Waals surface area contributed by atoms with Crippen molar-refractivity contribution in [1.29, 1.82) is 0 Å². The lowest BCUT2D eigenvalue weighted by molar-refractivity contribution is 0.101. The first-order valence-corrected chi connectivity index (χ1v) is 9.35. The SMILES string of the molecule is CC(=O)c1ccccc1P(c1ccccc1C(C)=O)C1C=CC=C1. The Hall–Kier alpha value is -2.31. The lowest BCUT2D eigenvalue weighted by Crippen LogP contribution is -2.26. The Morgan fingerprint density at radius 1 is 0.750 bits per heavy atom. The van der Waals surface area contributed by atoms with E-state index in [1.54, 1.807) is 13.8 Å². The van der Waals surface area contributed by atoms with Crippen LogP contribution in [0.5, 0.6) is 0 Å². The average Bonchev–Trinajstić information content (AvgIpc) is 3.10. The standard InChI is InChI=1S/C21H19O2P/c1-15(22)18-11-5-7-13-20(18)24(17-9-3-4-10-17)21-14-8-6-12-19(21)16(2)23/h3-14,17H,1-2H3. The molecule has 0 saturated carbocycles. The van der Waals surface area contributed by atoms with E-state index in [1.165, 1.54) is 0 Å². The third-order valence-corrected chi connectivity index (χ3v) is 6.87. The van der Waals surface area contributed by atoms with Crippen LogP contribution in [0.3, 0.4) is 0 Å². The van der Waals surface area contributed by atoms with E-state index in [4.69, 9.17) is 0 Å². The number of Topliss-reactive ketones (excluding diaryl/α,β-unsaturated/α-hetero) is 2. The third kappa shape index (κ3) is 3.16. The molecular formula is C21H19O2P. The van der Waals surface area contributed by atoms with Crippen LogP contribution in [0.2, 0.25) is 0 Å². The Kier molecular flexibility index (Phi) is 4.87. The molecule has 0 aromatic heterocycles. The molecule has 120 valence electrons. The second kappa shape index (κ2) is 7.07. The summed E-state index contributed by atoms with van der Waals surface area (Å²) in [6, 6.07) is 15.5. The number of carbonyl (C=O) groups excluding carboxylic acids is 2. The summed E-state index contributed by atoms with van der Waals surface area (Å²) in [5.41, 5.74) is 1.69. The average molecular weight is 334 g/mol. The number of hydrogen-bond acceptors (Lipinski definition) is 2. The fourth-order valence-electron chi connectivity index (χ4n) is 3.01. The van der Waals surface area contributed by atoms with Gasteiger partial charge in [0.2, 0.25) is 0 Å². The molecule has 0 atom stereocenters. The van der Waals surface area contributed by atoms with Crippen molar-refractivity contribution in [3.05, 3.63) is 84.0 Å². The van der Waals surface area contributed by atoms with E-state index < -0.39 is 7.92 Å². The molecule has 0 unspecified atom stereocenters. The highest BCUT2D eigenvalue weighted by Gasteiger charge is 2.27. The van der Waals surface area contributed by atoms with Crippen molar-refractivity contribution in [3.63, 3.8) is 0 Å². The third-order valence-electron chi connectivity index (χ3n) is 4.11. The summed E-state index contributed by atoms with van der Waals surface area (Å²) in [4.78, 5) is 24.3. The predicted molar refractivity (Wildman–Crippen MR) is 101 cm³/mol. The molecule has 2 nitrogen and oxygen atoms in total. The Balaban J connectivity index is 2.24. The van der Waals surface area contributed by atoms with E-state index in [0.29, 0.717) is 0 Å². The summed E-state index contributed by atoms with van der Waals surface area (Å²) in [5, 5.41) is 2.07. The molecule has 0 bridgehead atoms. The molecule has 2 aromatic carbocycles. The zero-order valence-corrected chi connectivity index (χ0v) is 14.7. The van der Waals surface area contributed by atoms with Crippen molar-refractivity contribution < 1.29 is 9.59 Å². The van der Waals surface area contributed by atoms with Crippen LogP contribution in [0.4, 0.5) is 0 Å². The second-order valence-electron chi connectivity index (χ2n) is 5.78. The number of hydrogen-bond donors (Lipinski definition) is 0. The summed E-state index contributed by atoms with van der Waals surface area (Å²) >= 11 is 0. The van der Waals surface area contributed by atoms with E-state index in [2.05, 4.69) is 12.2 Å². The van der Waals surface area contributed by atoms with E-state index in [0.717, 1.165) is 21.7 Å². The molecule has 24 heavy (non-hydrogen) atoms. The van der Waals surface area contributed by atoms with Gasteiger partial charge in [0.15, 0.2) is 11.6 Å². The maximum absolute atomic E-state index is 12.1. The summed E-state index contributed by atoms with van der Waals surface area (Å²) in [5.74, 6) is 0.119. The molecule has 1 aliphatic carbocycles. The Morgan fingerprint density at radius 3 is 1.58 bits per heavy atom. The fraction of sp³-hybridized carbons (Fsp3) is 0.143. The molecule has 2 aromatic rings. The summed E-state index contributed by atoms with van der Waals surface area (Å²) < 4.78 is 0. The van der Waals surface area contributed by atoms with Gasteiger partial charge in [-0.25, -0.2) is 0 Å². The van der Waals surface area contributed by atoms with Crippen LogP contribution >= 0.6 is 7.92 Å². The predicted octanol–water partition coefficient (Wildman–Crippen LogP) is 4.02. The van der Waals surface area contributed by atoms with Crippen LogP contribution in [0, 0.1) is 0 Å². The number of ketones is 2. The highest BCUT2D eigenvalue weighted by molar-refractivity contribution is 7.74. The van der Waals surface area contributed by atoms with Crippen LogP contribution in [0.15, 0.2) is 72.8 Å². The van der Waals surface area contributed by atoms with Gasteiger partial charge in [0, 0.05) is 16.8 Å². The van der Waals surface area contributed by atoms with Gasteiger partial charge in [0.25, 0.3) is 0 Å². The van der Waals surface area contributed by atoms with Gasteiger partial charge in [-0.3, -0.25) is 9.59 Å². The first kappa shape index (κ1) is 16.5. The van der Waals surface area contributed by atoms with Gasteiger partial charge in [-0.15, -0.1) is 0 Å². The van der Waals surface area contributed by atoms with Crippen LogP contribution in [-0.4, -0.2) is 17.2 Å². The zero-order chi connectivity index (χ0) is 17.1. The van der Waals surface area contributed by atoms with E-state index in [1.807, 2.05) is 60.7 Å². The quantitative estimate of drug-likeness (QED) is 0.611. The minimum atomic E-state index is -0.874. The molecule has 0 fully saturated rings. The molecule has 0 spiro atoms. The molecule has 0 N–H and O–H groups in total. The van der Waals surface area contributed by atoms with Gasteiger partial charge in [0.05, 0.1) is 0 Å². The molecule has 0 saturated heterocycles. The van der Waals surface area contributed by atoms with Crippen LogP contribution in [-0.2, 0) is 0 Å². The molecule has 1 aliphatic rings.